The Kier molecular flexibility index (Phi) is 5.12. The van der Waals surface area contributed by atoms with Crippen LogP contribution in [-0.4, -0.2) is 46.6 Å². The Labute approximate surface area is 147 Å². The monoisotopic (exact) mass is 449 g/mol. The molecule has 1 saturated heterocycles. The molecule has 3 heterocycles. The second-order valence-electron chi connectivity index (χ2n) is 5.71. The van der Waals surface area contributed by atoms with Crippen molar-refractivity contribution < 1.29 is 4.79 Å². The van der Waals surface area contributed by atoms with Gasteiger partial charge >= 0.3 is 0 Å². The van der Waals surface area contributed by atoms with E-state index >= 15 is 0 Å². The van der Waals surface area contributed by atoms with Gasteiger partial charge in [-0.3, -0.25) is 4.79 Å². The predicted octanol–water partition coefficient (Wildman–Crippen LogP) is 3.16. The minimum atomic E-state index is -0.349. The number of hydrogen-bond acceptors (Lipinski definition) is 4. The van der Waals surface area contributed by atoms with Gasteiger partial charge in [0.25, 0.3) is 5.91 Å². The Balaban J connectivity index is 1.97. The van der Waals surface area contributed by atoms with Crippen LogP contribution in [0.2, 0.25) is 0 Å². The topological polar surface area (TPSA) is 45.2 Å². The summed E-state index contributed by atoms with van der Waals surface area (Å²) in [5.41, 5.74) is 0.209. The molecule has 1 aromatic rings. The molecule has 1 amide bonds. The van der Waals surface area contributed by atoms with Crippen molar-refractivity contribution in [2.24, 2.45) is 5.41 Å². The third-order valence-corrected chi connectivity index (χ3v) is 8.97. The van der Waals surface area contributed by atoms with Crippen molar-refractivity contribution >= 4 is 51.1 Å². The smallest absolute Gasteiger partial charge is 0.270 e. The molecule has 1 atom stereocenters. The van der Waals surface area contributed by atoms with E-state index in [1.807, 2.05) is 11.8 Å². The Morgan fingerprint density at radius 3 is 2.82 bits per heavy atom. The predicted molar refractivity (Wildman–Crippen MR) is 105 cm³/mol. The maximum Gasteiger partial charge on any atom is 0.270 e. The second-order valence-corrected chi connectivity index (χ2v) is 9.73. The lowest BCUT2D eigenvalue weighted by Gasteiger charge is -2.36. The van der Waals surface area contributed by atoms with E-state index < -0.39 is 0 Å². The lowest BCUT2D eigenvalue weighted by atomic mass is 9.80. The van der Waals surface area contributed by atoms with Gasteiger partial charge in [-0.05, 0) is 44.8 Å². The van der Waals surface area contributed by atoms with Gasteiger partial charge in [-0.2, -0.15) is 0 Å². The van der Waals surface area contributed by atoms with Crippen molar-refractivity contribution in [3.63, 3.8) is 0 Å². The summed E-state index contributed by atoms with van der Waals surface area (Å²) in [6.07, 6.45) is 4.01. The first-order chi connectivity index (χ1) is 10.6. The number of carbonyl (C=O) groups is 1. The van der Waals surface area contributed by atoms with Gasteiger partial charge in [0.1, 0.15) is 4.88 Å². The third kappa shape index (κ3) is 2.83. The lowest BCUT2D eigenvalue weighted by molar-refractivity contribution is 0.0793. The summed E-state index contributed by atoms with van der Waals surface area (Å²) < 4.78 is 5.49. The zero-order valence-electron chi connectivity index (χ0n) is 12.9. The van der Waals surface area contributed by atoms with E-state index in [1.54, 1.807) is 6.20 Å². The van der Waals surface area contributed by atoms with Crippen LogP contribution in [0.15, 0.2) is 15.2 Å². The van der Waals surface area contributed by atoms with Crippen LogP contribution in [-0.2, 0) is 0 Å². The molecule has 1 aromatic heterocycles. The number of halogens is 1. The number of rotatable bonds is 3. The number of nitrogens with zero attached hydrogens (tertiary/aromatic N) is 2. The molecular weight excluding hydrogens is 428 g/mol. The molecule has 0 saturated carbocycles. The summed E-state index contributed by atoms with van der Waals surface area (Å²) in [6, 6.07) is 0. The van der Waals surface area contributed by atoms with Crippen LogP contribution in [0.25, 0.3) is 0 Å². The normalized spacial score (nSPS) is 21.5. The molecule has 2 aliphatic rings. The van der Waals surface area contributed by atoms with Gasteiger partial charge in [-0.1, -0.05) is 33.8 Å². The number of nitrogens with one attached hydrogen (secondary N) is 1. The molecule has 0 aliphatic carbocycles. The molecule has 2 aliphatic heterocycles. The van der Waals surface area contributed by atoms with E-state index in [0.29, 0.717) is 0 Å². The average molecular weight is 449 g/mol. The maximum absolute atomic E-state index is 13.0. The fourth-order valence-electron chi connectivity index (χ4n) is 3.38. The zero-order valence-corrected chi connectivity index (χ0v) is 16.9. The first-order valence-electron chi connectivity index (χ1n) is 7.37. The van der Waals surface area contributed by atoms with Crippen molar-refractivity contribution in [2.75, 3.05) is 26.3 Å². The molecule has 0 bridgehead atoms. The Morgan fingerprint density at radius 2 is 2.27 bits per heavy atom. The highest BCUT2D eigenvalue weighted by Gasteiger charge is 2.46. The van der Waals surface area contributed by atoms with Crippen molar-refractivity contribution in [1.29, 1.82) is 0 Å². The molecular formula is C15H21IN3OPS. The minimum absolute atomic E-state index is 0.134. The molecule has 22 heavy (non-hydrogen) atoms. The SMILES string of the molecule is C=IC1=C(PC)C2(CCNCC2)CN1C(=O)c1cnc(C)s1. The van der Waals surface area contributed by atoms with Crippen LogP contribution in [0.3, 0.4) is 0 Å². The molecule has 4 nitrogen and oxygen atoms in total. The van der Waals surface area contributed by atoms with Crippen LogP contribution in [0.5, 0.6) is 0 Å². The number of carbonyl (C=O) groups excluding carboxylic acids is 1. The second kappa shape index (κ2) is 6.75. The molecule has 0 aromatic carbocycles. The molecule has 1 fully saturated rings. The number of thiazole rings is 1. The average Bonchev–Trinajstić information content (AvgIpc) is 3.09. The fourth-order valence-corrected chi connectivity index (χ4v) is 8.32. The number of piperidine rings is 1. The largest absolute Gasteiger partial charge is 0.317 e. The first kappa shape index (κ1) is 16.7. The maximum atomic E-state index is 13.0. The number of hydrogen-bond donors (Lipinski definition) is 1. The first-order valence-corrected chi connectivity index (χ1v) is 12.3. The third-order valence-electron chi connectivity index (χ3n) is 4.45. The van der Waals surface area contributed by atoms with Gasteiger partial charge < -0.3 is 10.2 Å². The number of amides is 1. The van der Waals surface area contributed by atoms with Gasteiger partial charge in [0.05, 0.1) is 14.9 Å². The van der Waals surface area contributed by atoms with Crippen molar-refractivity contribution in [2.45, 2.75) is 19.8 Å². The summed E-state index contributed by atoms with van der Waals surface area (Å²) in [5.74, 6) is 0.134. The Hall–Kier alpha value is -0.170. The van der Waals surface area contributed by atoms with E-state index in [-0.39, 0.29) is 32.1 Å². The fraction of sp³-hybridized carbons (Fsp3) is 0.533. The van der Waals surface area contributed by atoms with Crippen molar-refractivity contribution in [1.82, 2.24) is 15.2 Å². The molecule has 7 heteroatoms. The minimum Gasteiger partial charge on any atom is -0.317 e. The highest BCUT2D eigenvalue weighted by molar-refractivity contribution is 14.2. The van der Waals surface area contributed by atoms with Crippen molar-refractivity contribution in [3.05, 3.63) is 25.1 Å². The van der Waals surface area contributed by atoms with Crippen LogP contribution in [0.1, 0.15) is 27.5 Å². The highest BCUT2D eigenvalue weighted by atomic mass is 127. The highest BCUT2D eigenvalue weighted by Crippen LogP contribution is 2.54. The van der Waals surface area contributed by atoms with Gasteiger partial charge in [0.2, 0.25) is 0 Å². The van der Waals surface area contributed by atoms with Crippen LogP contribution >= 0.6 is 40.6 Å². The van der Waals surface area contributed by atoms with Crippen LogP contribution < -0.4 is 5.32 Å². The van der Waals surface area contributed by atoms with Gasteiger partial charge in [-0.15, -0.1) is 11.3 Å². The van der Waals surface area contributed by atoms with Gasteiger partial charge in [0.15, 0.2) is 0 Å². The van der Waals surface area contributed by atoms with E-state index in [1.165, 1.54) is 20.4 Å². The summed E-state index contributed by atoms with van der Waals surface area (Å²) in [4.78, 5) is 20.0. The van der Waals surface area contributed by atoms with Crippen LogP contribution in [0, 0.1) is 12.3 Å². The molecule has 1 spiro atoms. The van der Waals surface area contributed by atoms with E-state index in [2.05, 4.69) is 21.5 Å². The van der Waals surface area contributed by atoms with E-state index in [9.17, 15) is 4.79 Å². The molecule has 120 valence electrons. The summed E-state index contributed by atoms with van der Waals surface area (Å²) in [7, 11) is 0.775. The number of aryl methyl sites for hydroxylation is 1. The van der Waals surface area contributed by atoms with Gasteiger partial charge in [-0.25, -0.2) is 4.98 Å². The van der Waals surface area contributed by atoms with Crippen molar-refractivity contribution in [3.8, 4) is 0 Å². The molecule has 1 unspecified atom stereocenters. The van der Waals surface area contributed by atoms with E-state index in [0.717, 1.165) is 50.9 Å². The number of aromatic nitrogens is 1. The Bertz CT molecular complexity index is 636. The summed E-state index contributed by atoms with van der Waals surface area (Å²) in [6.45, 7) is 7.16. The van der Waals surface area contributed by atoms with Crippen LogP contribution in [0.4, 0.5) is 0 Å². The van der Waals surface area contributed by atoms with Gasteiger partial charge in [0, 0.05) is 12.0 Å². The molecule has 0 radical (unpaired) electrons. The summed E-state index contributed by atoms with van der Waals surface area (Å²) in [5, 5.41) is 5.94. The molecule has 3 rings (SSSR count). The standard InChI is InChI=1S/C15H21IN3OPS/c1-10-18-8-11(22-10)14(20)19-9-15(4-6-17-7-5-15)12(21-3)13(19)16-2/h8,17,21H,2,4-7,9H2,1,3H3. The lowest BCUT2D eigenvalue weighted by Crippen LogP contribution is -2.41. The summed E-state index contributed by atoms with van der Waals surface area (Å²) >= 11 is 1.15. The quantitative estimate of drug-likeness (QED) is 0.438. The Morgan fingerprint density at radius 1 is 1.55 bits per heavy atom. The zero-order chi connectivity index (χ0) is 15.7. The van der Waals surface area contributed by atoms with E-state index in [4.69, 9.17) is 0 Å². The molecule has 1 N–H and O–H groups in total.